The third kappa shape index (κ3) is 7.39. The van der Waals surface area contributed by atoms with E-state index in [1.165, 1.54) is 12.1 Å². The van der Waals surface area contributed by atoms with E-state index in [0.717, 1.165) is 12.2 Å². The number of carboxylic acids is 1. The van der Waals surface area contributed by atoms with Gasteiger partial charge in [0.1, 0.15) is 11.5 Å². The van der Waals surface area contributed by atoms with Crippen molar-refractivity contribution in [3.05, 3.63) is 60.2 Å². The summed E-state index contributed by atoms with van der Waals surface area (Å²) in [4.78, 5) is 10.8. The molecule has 0 bridgehead atoms. The minimum atomic E-state index is -0.960. The van der Waals surface area contributed by atoms with Crippen LogP contribution in [0.1, 0.15) is 23.2 Å². The van der Waals surface area contributed by atoms with Crippen molar-refractivity contribution in [1.82, 2.24) is 0 Å². The fourth-order valence-electron chi connectivity index (χ4n) is 2.13. The van der Waals surface area contributed by atoms with Crippen molar-refractivity contribution in [3.63, 3.8) is 0 Å². The van der Waals surface area contributed by atoms with E-state index >= 15 is 0 Å². The lowest BCUT2D eigenvalue weighted by Crippen LogP contribution is -2.10. The Morgan fingerprint density at radius 2 is 1.36 bits per heavy atom. The summed E-state index contributed by atoms with van der Waals surface area (Å²) in [7, 11) is -0.883. The zero-order valence-electron chi connectivity index (χ0n) is 13.9. The second kappa shape index (κ2) is 10.5. The summed E-state index contributed by atoms with van der Waals surface area (Å²) in [5, 5.41) is 8.82. The number of benzene rings is 2. The summed E-state index contributed by atoms with van der Waals surface area (Å²) >= 11 is 0. The standard InChI is InChI=1S/C19H22O5S/c20-19(21)16-8-10-18(11-9-16)24-13-5-15-25(22)14-4-12-23-17-6-2-1-3-7-17/h1-3,6-11H,4-5,12-15H2,(H,20,21). The van der Waals surface area contributed by atoms with E-state index in [9.17, 15) is 9.00 Å². The van der Waals surface area contributed by atoms with Crippen LogP contribution in [0.4, 0.5) is 0 Å². The highest BCUT2D eigenvalue weighted by molar-refractivity contribution is 7.84. The first kappa shape index (κ1) is 19.0. The average Bonchev–Trinajstić information content (AvgIpc) is 2.63. The summed E-state index contributed by atoms with van der Waals surface area (Å²) < 4.78 is 23.0. The first-order chi connectivity index (χ1) is 12.1. The van der Waals surface area contributed by atoms with Crippen LogP contribution in [-0.4, -0.2) is 40.0 Å². The molecule has 134 valence electrons. The first-order valence-corrected chi connectivity index (χ1v) is 9.63. The SMILES string of the molecule is O=C(O)c1ccc(OCCCS(=O)CCCOc2ccccc2)cc1. The maximum Gasteiger partial charge on any atom is 0.335 e. The van der Waals surface area contributed by atoms with Crippen LogP contribution >= 0.6 is 0 Å². The number of hydrogen-bond acceptors (Lipinski definition) is 4. The third-order valence-electron chi connectivity index (χ3n) is 3.41. The largest absolute Gasteiger partial charge is 0.494 e. The number of ether oxygens (including phenoxy) is 2. The molecule has 0 heterocycles. The predicted octanol–water partition coefficient (Wildman–Crippen LogP) is 3.37. The molecule has 6 heteroatoms. The van der Waals surface area contributed by atoms with Crippen LogP contribution in [0.25, 0.3) is 0 Å². The lowest BCUT2D eigenvalue weighted by Gasteiger charge is -2.07. The predicted molar refractivity (Wildman–Crippen MR) is 97.9 cm³/mol. The molecule has 1 N–H and O–H groups in total. The van der Waals surface area contributed by atoms with Crippen molar-refractivity contribution < 1.29 is 23.6 Å². The Balaban J connectivity index is 1.54. The van der Waals surface area contributed by atoms with E-state index in [1.54, 1.807) is 12.1 Å². The van der Waals surface area contributed by atoms with Crippen molar-refractivity contribution in [2.75, 3.05) is 24.7 Å². The summed E-state index contributed by atoms with van der Waals surface area (Å²) in [5.74, 6) is 1.68. The van der Waals surface area contributed by atoms with Crippen LogP contribution in [0.3, 0.4) is 0 Å². The molecule has 25 heavy (non-hydrogen) atoms. The smallest absolute Gasteiger partial charge is 0.335 e. The van der Waals surface area contributed by atoms with Gasteiger partial charge in [-0.3, -0.25) is 4.21 Å². The summed E-state index contributed by atoms with van der Waals surface area (Å²) in [6, 6.07) is 15.8. The molecule has 0 fully saturated rings. The van der Waals surface area contributed by atoms with E-state index in [2.05, 4.69) is 0 Å². The van der Waals surface area contributed by atoms with Crippen LogP contribution in [-0.2, 0) is 10.8 Å². The van der Waals surface area contributed by atoms with Gasteiger partial charge in [0.25, 0.3) is 0 Å². The fourth-order valence-corrected chi connectivity index (χ4v) is 3.22. The van der Waals surface area contributed by atoms with Crippen molar-refractivity contribution in [3.8, 4) is 11.5 Å². The number of rotatable bonds is 11. The van der Waals surface area contributed by atoms with Gasteiger partial charge in [-0.15, -0.1) is 0 Å². The molecular weight excluding hydrogens is 340 g/mol. The average molecular weight is 362 g/mol. The van der Waals surface area contributed by atoms with Gasteiger partial charge in [0.05, 0.1) is 18.8 Å². The van der Waals surface area contributed by atoms with Crippen LogP contribution in [0.2, 0.25) is 0 Å². The summed E-state index contributed by atoms with van der Waals surface area (Å²) in [5.41, 5.74) is 0.228. The van der Waals surface area contributed by atoms with Crippen molar-refractivity contribution >= 4 is 16.8 Å². The van der Waals surface area contributed by atoms with Gasteiger partial charge in [-0.1, -0.05) is 18.2 Å². The summed E-state index contributed by atoms with van der Waals surface area (Å²) in [6.07, 6.45) is 1.44. The van der Waals surface area contributed by atoms with Gasteiger partial charge in [-0.2, -0.15) is 0 Å². The quantitative estimate of drug-likeness (QED) is 0.621. The van der Waals surface area contributed by atoms with Crippen molar-refractivity contribution in [1.29, 1.82) is 0 Å². The fraction of sp³-hybridized carbons (Fsp3) is 0.316. The molecule has 0 aliphatic carbocycles. The van der Waals surface area contributed by atoms with E-state index in [-0.39, 0.29) is 5.56 Å². The van der Waals surface area contributed by atoms with Crippen LogP contribution in [0.15, 0.2) is 54.6 Å². The molecule has 2 aromatic carbocycles. The van der Waals surface area contributed by atoms with Crippen molar-refractivity contribution in [2.24, 2.45) is 0 Å². The molecular formula is C19H22O5S. The molecule has 0 amide bonds. The minimum Gasteiger partial charge on any atom is -0.494 e. The lowest BCUT2D eigenvalue weighted by molar-refractivity contribution is 0.0697. The van der Waals surface area contributed by atoms with Crippen LogP contribution in [0.5, 0.6) is 11.5 Å². The Hall–Kier alpha value is -2.34. The monoisotopic (exact) mass is 362 g/mol. The van der Waals surface area contributed by atoms with E-state index < -0.39 is 16.8 Å². The molecule has 0 spiro atoms. The summed E-state index contributed by atoms with van der Waals surface area (Å²) in [6.45, 7) is 1.01. The van der Waals surface area contributed by atoms with Gasteiger partial charge in [0.15, 0.2) is 0 Å². The molecule has 0 saturated carbocycles. The molecule has 5 nitrogen and oxygen atoms in total. The van der Waals surface area contributed by atoms with Gasteiger partial charge in [-0.25, -0.2) is 4.79 Å². The highest BCUT2D eigenvalue weighted by atomic mass is 32.2. The molecule has 0 aliphatic rings. The number of para-hydroxylation sites is 1. The normalized spacial score (nSPS) is 11.7. The molecule has 2 aromatic rings. The maximum atomic E-state index is 11.9. The highest BCUT2D eigenvalue weighted by Crippen LogP contribution is 2.12. The Morgan fingerprint density at radius 3 is 1.88 bits per heavy atom. The highest BCUT2D eigenvalue weighted by Gasteiger charge is 2.03. The van der Waals surface area contributed by atoms with Gasteiger partial charge in [0.2, 0.25) is 0 Å². The number of aromatic carboxylic acids is 1. The molecule has 1 atom stereocenters. The van der Waals surface area contributed by atoms with Gasteiger partial charge < -0.3 is 14.6 Å². The number of carbonyl (C=O) groups is 1. The molecule has 1 unspecified atom stereocenters. The molecule has 2 rings (SSSR count). The van der Waals surface area contributed by atoms with Gasteiger partial charge in [-0.05, 0) is 49.2 Å². The van der Waals surface area contributed by atoms with Gasteiger partial charge >= 0.3 is 5.97 Å². The van der Waals surface area contributed by atoms with Crippen LogP contribution in [0, 0.1) is 0 Å². The number of hydrogen-bond donors (Lipinski definition) is 1. The maximum absolute atomic E-state index is 11.9. The third-order valence-corrected chi connectivity index (χ3v) is 4.90. The zero-order valence-corrected chi connectivity index (χ0v) is 14.7. The minimum absolute atomic E-state index is 0.228. The second-order valence-electron chi connectivity index (χ2n) is 5.39. The Kier molecular flexibility index (Phi) is 7.98. The van der Waals surface area contributed by atoms with E-state index in [0.29, 0.717) is 36.9 Å². The molecule has 0 saturated heterocycles. The topological polar surface area (TPSA) is 72.8 Å². The van der Waals surface area contributed by atoms with E-state index in [1.807, 2.05) is 30.3 Å². The Bertz CT molecular complexity index is 670. The Morgan fingerprint density at radius 1 is 0.840 bits per heavy atom. The first-order valence-electron chi connectivity index (χ1n) is 8.14. The van der Waals surface area contributed by atoms with Crippen LogP contribution < -0.4 is 9.47 Å². The van der Waals surface area contributed by atoms with E-state index in [4.69, 9.17) is 14.6 Å². The second-order valence-corrected chi connectivity index (χ2v) is 7.09. The molecule has 0 radical (unpaired) electrons. The number of carboxylic acid groups (broad SMARTS) is 1. The zero-order chi connectivity index (χ0) is 17.9. The Labute approximate surface area is 150 Å². The lowest BCUT2D eigenvalue weighted by atomic mass is 10.2. The van der Waals surface area contributed by atoms with Gasteiger partial charge in [0, 0.05) is 22.3 Å². The molecule has 0 aliphatic heterocycles. The molecule has 0 aromatic heterocycles. The van der Waals surface area contributed by atoms with Crippen molar-refractivity contribution in [2.45, 2.75) is 12.8 Å².